The number of carbonyl (C=O) groups excluding carboxylic acids is 1. The lowest BCUT2D eigenvalue weighted by molar-refractivity contribution is -0.134. The van der Waals surface area contributed by atoms with Crippen molar-refractivity contribution < 1.29 is 4.79 Å². The quantitative estimate of drug-likeness (QED) is 0.913. The van der Waals surface area contributed by atoms with E-state index in [9.17, 15) is 4.79 Å². The molecule has 128 valence electrons. The highest BCUT2D eigenvalue weighted by atomic mass is 16.2. The predicted molar refractivity (Wildman–Crippen MR) is 90.3 cm³/mol. The standard InChI is InChI=1S/C17H24N6O/c18-6-10-23-16-15(19-7-8-20-16)14(21-23)13-5-9-22(11-13)17(24)12-3-1-2-4-12/h7-8,12-13H,1-6,9-11,18H2/t13-/m0/s1. The van der Waals surface area contributed by atoms with Crippen LogP contribution in [0.2, 0.25) is 0 Å². The van der Waals surface area contributed by atoms with Gasteiger partial charge in [0.25, 0.3) is 0 Å². The molecular formula is C17H24N6O. The number of rotatable bonds is 4. The summed E-state index contributed by atoms with van der Waals surface area (Å²) in [4.78, 5) is 23.6. The summed E-state index contributed by atoms with van der Waals surface area (Å²) < 4.78 is 1.85. The van der Waals surface area contributed by atoms with E-state index in [2.05, 4.69) is 9.97 Å². The van der Waals surface area contributed by atoms with Gasteiger partial charge < -0.3 is 10.6 Å². The summed E-state index contributed by atoms with van der Waals surface area (Å²) in [5, 5.41) is 4.73. The molecule has 2 N–H and O–H groups in total. The topological polar surface area (TPSA) is 89.9 Å². The van der Waals surface area contributed by atoms with Gasteiger partial charge in [-0.25, -0.2) is 14.6 Å². The van der Waals surface area contributed by atoms with Gasteiger partial charge in [-0.3, -0.25) is 4.79 Å². The fourth-order valence-electron chi connectivity index (χ4n) is 4.09. The van der Waals surface area contributed by atoms with Crippen molar-refractivity contribution in [3.8, 4) is 0 Å². The zero-order valence-electron chi connectivity index (χ0n) is 13.9. The maximum Gasteiger partial charge on any atom is 0.225 e. The molecule has 0 spiro atoms. The van der Waals surface area contributed by atoms with Gasteiger partial charge in [-0.2, -0.15) is 5.10 Å². The smallest absolute Gasteiger partial charge is 0.225 e. The molecule has 2 aliphatic rings. The van der Waals surface area contributed by atoms with E-state index in [0.29, 0.717) is 19.0 Å². The van der Waals surface area contributed by atoms with Crippen molar-refractivity contribution in [3.63, 3.8) is 0 Å². The third-order valence-corrected chi connectivity index (χ3v) is 5.33. The fraction of sp³-hybridized carbons (Fsp3) is 0.647. The highest BCUT2D eigenvalue weighted by Gasteiger charge is 2.34. The molecule has 7 nitrogen and oxygen atoms in total. The number of aromatic nitrogens is 4. The molecule has 24 heavy (non-hydrogen) atoms. The van der Waals surface area contributed by atoms with Crippen molar-refractivity contribution >= 4 is 17.1 Å². The van der Waals surface area contributed by atoms with Crippen LogP contribution in [0.25, 0.3) is 11.2 Å². The Morgan fingerprint density at radius 1 is 1.21 bits per heavy atom. The van der Waals surface area contributed by atoms with Gasteiger partial charge in [0.15, 0.2) is 5.65 Å². The van der Waals surface area contributed by atoms with E-state index in [1.54, 1.807) is 12.4 Å². The van der Waals surface area contributed by atoms with Crippen LogP contribution in [-0.4, -0.2) is 50.2 Å². The second-order valence-electron chi connectivity index (χ2n) is 6.88. The Morgan fingerprint density at radius 2 is 2.00 bits per heavy atom. The first-order chi connectivity index (χ1) is 11.8. The number of amides is 1. The number of hydrogen-bond donors (Lipinski definition) is 1. The molecule has 1 saturated carbocycles. The number of fused-ring (bicyclic) bond motifs is 1. The second kappa shape index (κ2) is 6.47. The summed E-state index contributed by atoms with van der Waals surface area (Å²) in [6, 6.07) is 0. The summed E-state index contributed by atoms with van der Waals surface area (Å²) in [6.07, 6.45) is 8.83. The Morgan fingerprint density at radius 3 is 2.79 bits per heavy atom. The highest BCUT2D eigenvalue weighted by Crippen LogP contribution is 2.33. The van der Waals surface area contributed by atoms with E-state index in [1.165, 1.54) is 12.8 Å². The minimum Gasteiger partial charge on any atom is -0.342 e. The van der Waals surface area contributed by atoms with Gasteiger partial charge in [0.2, 0.25) is 5.91 Å². The van der Waals surface area contributed by atoms with Crippen LogP contribution in [0.15, 0.2) is 12.4 Å². The number of likely N-dealkylation sites (tertiary alicyclic amines) is 1. The van der Waals surface area contributed by atoms with Gasteiger partial charge in [0, 0.05) is 43.9 Å². The number of carbonyl (C=O) groups is 1. The Bertz CT molecular complexity index is 736. The van der Waals surface area contributed by atoms with E-state index in [4.69, 9.17) is 10.8 Å². The summed E-state index contributed by atoms with van der Waals surface area (Å²) in [5.74, 6) is 0.829. The third-order valence-electron chi connectivity index (χ3n) is 5.33. The molecule has 1 saturated heterocycles. The number of nitrogens with zero attached hydrogens (tertiary/aromatic N) is 5. The van der Waals surface area contributed by atoms with Crippen molar-refractivity contribution in [1.29, 1.82) is 0 Å². The minimum atomic E-state index is 0.244. The van der Waals surface area contributed by atoms with Crippen molar-refractivity contribution in [2.24, 2.45) is 11.7 Å². The lowest BCUT2D eigenvalue weighted by Gasteiger charge is -2.20. The largest absolute Gasteiger partial charge is 0.342 e. The molecule has 3 heterocycles. The molecule has 2 aromatic rings. The number of hydrogen-bond acceptors (Lipinski definition) is 5. The summed E-state index contributed by atoms with van der Waals surface area (Å²) in [5.41, 5.74) is 8.29. The van der Waals surface area contributed by atoms with Crippen LogP contribution in [0.5, 0.6) is 0 Å². The molecule has 0 aromatic carbocycles. The van der Waals surface area contributed by atoms with Crippen molar-refractivity contribution in [1.82, 2.24) is 24.6 Å². The van der Waals surface area contributed by atoms with Crippen molar-refractivity contribution in [2.45, 2.75) is 44.6 Å². The molecule has 4 rings (SSSR count). The average Bonchev–Trinajstić information content (AvgIpc) is 3.35. The zero-order chi connectivity index (χ0) is 16.5. The van der Waals surface area contributed by atoms with Crippen LogP contribution < -0.4 is 5.73 Å². The van der Waals surface area contributed by atoms with Gasteiger partial charge in [-0.1, -0.05) is 12.8 Å². The Kier molecular flexibility index (Phi) is 4.18. The molecule has 0 radical (unpaired) electrons. The van der Waals surface area contributed by atoms with Crippen molar-refractivity contribution in [3.05, 3.63) is 18.1 Å². The van der Waals surface area contributed by atoms with E-state index in [0.717, 1.165) is 49.2 Å². The summed E-state index contributed by atoms with van der Waals surface area (Å²) >= 11 is 0. The molecule has 7 heteroatoms. The van der Waals surface area contributed by atoms with Crippen LogP contribution in [-0.2, 0) is 11.3 Å². The third kappa shape index (κ3) is 2.66. The van der Waals surface area contributed by atoms with Gasteiger partial charge in [-0.15, -0.1) is 0 Å². The van der Waals surface area contributed by atoms with Crippen LogP contribution in [0.3, 0.4) is 0 Å². The summed E-state index contributed by atoms with van der Waals surface area (Å²) in [7, 11) is 0. The Labute approximate surface area is 141 Å². The SMILES string of the molecule is NCCn1nc([C@H]2CCN(C(=O)C3CCCC3)C2)c2nccnc21. The molecule has 1 aliphatic heterocycles. The average molecular weight is 328 g/mol. The van der Waals surface area contributed by atoms with Crippen LogP contribution >= 0.6 is 0 Å². The maximum absolute atomic E-state index is 12.7. The molecule has 1 atom stereocenters. The number of nitrogens with two attached hydrogens (primary N) is 1. The molecule has 2 fully saturated rings. The van der Waals surface area contributed by atoms with E-state index in [-0.39, 0.29) is 11.8 Å². The highest BCUT2D eigenvalue weighted by molar-refractivity contribution is 5.80. The predicted octanol–water partition coefficient (Wildman–Crippen LogP) is 1.29. The molecule has 2 aromatic heterocycles. The minimum absolute atomic E-state index is 0.244. The first kappa shape index (κ1) is 15.5. The Hall–Kier alpha value is -2.02. The van der Waals surface area contributed by atoms with E-state index < -0.39 is 0 Å². The van der Waals surface area contributed by atoms with Crippen molar-refractivity contribution in [2.75, 3.05) is 19.6 Å². The first-order valence-corrected chi connectivity index (χ1v) is 8.94. The lowest BCUT2D eigenvalue weighted by Crippen LogP contribution is -2.33. The fourth-order valence-corrected chi connectivity index (χ4v) is 4.09. The zero-order valence-corrected chi connectivity index (χ0v) is 13.9. The Balaban J connectivity index is 1.56. The molecule has 1 aliphatic carbocycles. The normalized spacial score (nSPS) is 21.9. The van der Waals surface area contributed by atoms with Gasteiger partial charge in [0.1, 0.15) is 5.52 Å². The maximum atomic E-state index is 12.7. The summed E-state index contributed by atoms with van der Waals surface area (Å²) in [6.45, 7) is 2.72. The monoisotopic (exact) mass is 328 g/mol. The van der Waals surface area contributed by atoms with Gasteiger partial charge >= 0.3 is 0 Å². The second-order valence-corrected chi connectivity index (χ2v) is 6.88. The van der Waals surface area contributed by atoms with E-state index in [1.807, 2.05) is 9.58 Å². The van der Waals surface area contributed by atoms with Crippen LogP contribution in [0.1, 0.15) is 43.7 Å². The molecule has 0 bridgehead atoms. The lowest BCUT2D eigenvalue weighted by atomic mass is 10.0. The van der Waals surface area contributed by atoms with Gasteiger partial charge in [-0.05, 0) is 19.3 Å². The molecular weight excluding hydrogens is 304 g/mol. The van der Waals surface area contributed by atoms with Gasteiger partial charge in [0.05, 0.1) is 12.2 Å². The molecule has 1 amide bonds. The van der Waals surface area contributed by atoms with Crippen LogP contribution in [0, 0.1) is 5.92 Å². The van der Waals surface area contributed by atoms with Crippen LogP contribution in [0.4, 0.5) is 0 Å². The van der Waals surface area contributed by atoms with E-state index >= 15 is 0 Å². The first-order valence-electron chi connectivity index (χ1n) is 8.94. The molecule has 0 unspecified atom stereocenters.